The molecule has 0 spiro atoms. The first-order chi connectivity index (χ1) is 9.75. The number of amides is 1. The molecule has 1 fully saturated rings. The molecule has 1 aromatic rings. The van der Waals surface area contributed by atoms with Crippen molar-refractivity contribution < 1.29 is 4.79 Å². The van der Waals surface area contributed by atoms with E-state index in [4.69, 9.17) is 0 Å². The third-order valence-electron chi connectivity index (χ3n) is 4.56. The van der Waals surface area contributed by atoms with Gasteiger partial charge in [-0.15, -0.1) is 0 Å². The first-order valence-electron chi connectivity index (χ1n) is 7.87. The molecule has 108 valence electrons. The fourth-order valence-electron chi connectivity index (χ4n) is 3.40. The molecule has 2 aliphatic rings. The smallest absolute Gasteiger partial charge is 0.230 e. The molecule has 0 aliphatic carbocycles. The molecule has 0 radical (unpaired) electrons. The Morgan fingerprint density at radius 2 is 2.05 bits per heavy atom. The quantitative estimate of drug-likeness (QED) is 0.852. The minimum absolute atomic E-state index is 0.212. The lowest BCUT2D eigenvalue weighted by molar-refractivity contribution is -0.123. The van der Waals surface area contributed by atoms with Crippen LogP contribution in [0.25, 0.3) is 0 Å². The van der Waals surface area contributed by atoms with Gasteiger partial charge in [-0.3, -0.25) is 4.79 Å². The summed E-state index contributed by atoms with van der Waals surface area (Å²) in [6.45, 7) is 4.97. The predicted molar refractivity (Wildman–Crippen MR) is 82.1 cm³/mol. The summed E-state index contributed by atoms with van der Waals surface area (Å²) >= 11 is 0. The van der Waals surface area contributed by atoms with E-state index in [0.717, 1.165) is 51.0 Å². The number of nitrogens with zero attached hydrogens (tertiary/aromatic N) is 1. The van der Waals surface area contributed by atoms with Crippen molar-refractivity contribution in [1.82, 2.24) is 5.32 Å². The van der Waals surface area contributed by atoms with Gasteiger partial charge in [-0.25, -0.2) is 0 Å². The highest BCUT2D eigenvalue weighted by molar-refractivity contribution is 5.96. The van der Waals surface area contributed by atoms with Gasteiger partial charge in [-0.05, 0) is 63.7 Å². The number of aryl methyl sites for hydroxylation is 2. The van der Waals surface area contributed by atoms with Gasteiger partial charge in [-0.2, -0.15) is 0 Å². The largest absolute Gasteiger partial charge is 0.317 e. The van der Waals surface area contributed by atoms with E-state index in [-0.39, 0.29) is 5.92 Å². The highest BCUT2D eigenvalue weighted by Gasteiger charge is 2.28. The molecular formula is C17H24N2O. The number of anilines is 1. The Morgan fingerprint density at radius 1 is 1.25 bits per heavy atom. The minimum atomic E-state index is 0.212. The molecule has 0 aromatic heterocycles. The third-order valence-corrected chi connectivity index (χ3v) is 4.56. The summed E-state index contributed by atoms with van der Waals surface area (Å²) < 4.78 is 0. The van der Waals surface area contributed by atoms with Gasteiger partial charge in [-0.1, -0.05) is 17.7 Å². The molecular weight excluding hydrogens is 248 g/mol. The zero-order valence-corrected chi connectivity index (χ0v) is 12.3. The van der Waals surface area contributed by atoms with Crippen LogP contribution < -0.4 is 10.2 Å². The van der Waals surface area contributed by atoms with Gasteiger partial charge >= 0.3 is 0 Å². The zero-order chi connectivity index (χ0) is 13.9. The number of rotatable bonds is 1. The van der Waals surface area contributed by atoms with Gasteiger partial charge in [0.05, 0.1) is 0 Å². The molecule has 0 atom stereocenters. The van der Waals surface area contributed by atoms with Crippen molar-refractivity contribution in [2.24, 2.45) is 5.92 Å². The van der Waals surface area contributed by atoms with Crippen LogP contribution in [0.5, 0.6) is 0 Å². The minimum Gasteiger partial charge on any atom is -0.317 e. The van der Waals surface area contributed by atoms with E-state index in [1.165, 1.54) is 17.5 Å². The summed E-state index contributed by atoms with van der Waals surface area (Å²) in [6, 6.07) is 6.53. The lowest BCUT2D eigenvalue weighted by Crippen LogP contribution is -2.41. The van der Waals surface area contributed by atoms with Crippen LogP contribution in [0.1, 0.15) is 36.8 Å². The van der Waals surface area contributed by atoms with Gasteiger partial charge in [0.15, 0.2) is 0 Å². The highest BCUT2D eigenvalue weighted by atomic mass is 16.2. The number of hydrogen-bond donors (Lipinski definition) is 1. The molecule has 1 aromatic carbocycles. The highest BCUT2D eigenvalue weighted by Crippen LogP contribution is 2.29. The third kappa shape index (κ3) is 2.73. The van der Waals surface area contributed by atoms with Gasteiger partial charge in [0.2, 0.25) is 5.91 Å². The van der Waals surface area contributed by atoms with Crippen LogP contribution in [0.3, 0.4) is 0 Å². The van der Waals surface area contributed by atoms with Crippen LogP contribution in [0.2, 0.25) is 0 Å². The lowest BCUT2D eigenvalue weighted by atomic mass is 9.96. The van der Waals surface area contributed by atoms with E-state index in [2.05, 4.69) is 35.3 Å². The van der Waals surface area contributed by atoms with Crippen molar-refractivity contribution in [3.05, 3.63) is 29.3 Å². The second-order valence-corrected chi connectivity index (χ2v) is 6.10. The summed E-state index contributed by atoms with van der Waals surface area (Å²) in [5.74, 6) is 0.557. The number of benzene rings is 1. The Labute approximate surface area is 121 Å². The van der Waals surface area contributed by atoms with Crippen molar-refractivity contribution in [3.63, 3.8) is 0 Å². The Hall–Kier alpha value is -1.35. The molecule has 1 saturated heterocycles. The van der Waals surface area contributed by atoms with Crippen molar-refractivity contribution in [3.8, 4) is 0 Å². The van der Waals surface area contributed by atoms with Gasteiger partial charge in [0, 0.05) is 18.2 Å². The average Bonchev–Trinajstić information content (AvgIpc) is 2.69. The molecule has 3 heteroatoms. The van der Waals surface area contributed by atoms with Crippen LogP contribution in [0.15, 0.2) is 18.2 Å². The van der Waals surface area contributed by atoms with Crippen molar-refractivity contribution in [2.75, 3.05) is 24.5 Å². The Morgan fingerprint density at radius 3 is 2.85 bits per heavy atom. The fraction of sp³-hybridized carbons (Fsp3) is 0.588. The lowest BCUT2D eigenvalue weighted by Gasteiger charge is -2.30. The maximum absolute atomic E-state index is 12.9. The standard InChI is InChI=1S/C17H24N2O/c1-13-5-6-16-15(12-13)4-2-3-11-19(16)17(20)14-7-9-18-10-8-14/h5-6,12,14,18H,2-4,7-11H2,1H3. The first kappa shape index (κ1) is 13.6. The van der Waals surface area contributed by atoms with Crippen LogP contribution in [-0.2, 0) is 11.2 Å². The molecule has 20 heavy (non-hydrogen) atoms. The van der Waals surface area contributed by atoms with Crippen LogP contribution in [0.4, 0.5) is 5.69 Å². The van der Waals surface area contributed by atoms with Gasteiger partial charge in [0.1, 0.15) is 0 Å². The van der Waals surface area contributed by atoms with E-state index in [1.807, 2.05) is 0 Å². The summed E-state index contributed by atoms with van der Waals surface area (Å²) in [7, 11) is 0. The summed E-state index contributed by atoms with van der Waals surface area (Å²) in [5, 5.41) is 3.34. The monoisotopic (exact) mass is 272 g/mol. The van der Waals surface area contributed by atoms with Crippen LogP contribution >= 0.6 is 0 Å². The Kier molecular flexibility index (Phi) is 4.06. The zero-order valence-electron chi connectivity index (χ0n) is 12.3. The molecule has 0 unspecified atom stereocenters. The topological polar surface area (TPSA) is 32.3 Å². The Bertz CT molecular complexity index is 492. The molecule has 1 amide bonds. The number of carbonyl (C=O) groups is 1. The van der Waals surface area contributed by atoms with Crippen molar-refractivity contribution in [2.45, 2.75) is 39.0 Å². The maximum Gasteiger partial charge on any atom is 0.230 e. The number of piperidine rings is 1. The second kappa shape index (κ2) is 5.96. The van der Waals surface area contributed by atoms with E-state index >= 15 is 0 Å². The molecule has 0 saturated carbocycles. The fourth-order valence-corrected chi connectivity index (χ4v) is 3.40. The van der Waals surface area contributed by atoms with E-state index in [9.17, 15) is 4.79 Å². The summed E-state index contributed by atoms with van der Waals surface area (Å²) in [5.41, 5.74) is 3.81. The molecule has 2 heterocycles. The average molecular weight is 272 g/mol. The first-order valence-corrected chi connectivity index (χ1v) is 7.87. The van der Waals surface area contributed by atoms with Crippen LogP contribution in [0, 0.1) is 12.8 Å². The second-order valence-electron chi connectivity index (χ2n) is 6.10. The predicted octanol–water partition coefficient (Wildman–Crippen LogP) is 2.66. The number of nitrogens with one attached hydrogen (secondary N) is 1. The number of carbonyl (C=O) groups excluding carboxylic acids is 1. The molecule has 3 nitrogen and oxygen atoms in total. The summed E-state index contributed by atoms with van der Waals surface area (Å²) in [6.07, 6.45) is 5.37. The Balaban J connectivity index is 1.87. The van der Waals surface area contributed by atoms with Crippen LogP contribution in [-0.4, -0.2) is 25.5 Å². The maximum atomic E-state index is 12.9. The molecule has 3 rings (SSSR count). The molecule has 1 N–H and O–H groups in total. The normalized spacial score (nSPS) is 20.4. The molecule has 2 aliphatic heterocycles. The van der Waals surface area contributed by atoms with Gasteiger partial charge < -0.3 is 10.2 Å². The molecule has 0 bridgehead atoms. The van der Waals surface area contributed by atoms with Gasteiger partial charge in [0.25, 0.3) is 0 Å². The van der Waals surface area contributed by atoms with Crippen molar-refractivity contribution in [1.29, 1.82) is 0 Å². The van der Waals surface area contributed by atoms with E-state index < -0.39 is 0 Å². The van der Waals surface area contributed by atoms with Crippen molar-refractivity contribution >= 4 is 11.6 Å². The number of fused-ring (bicyclic) bond motifs is 1. The van der Waals surface area contributed by atoms with E-state index in [1.54, 1.807) is 0 Å². The summed E-state index contributed by atoms with van der Waals surface area (Å²) in [4.78, 5) is 14.9. The SMILES string of the molecule is Cc1ccc2c(c1)CCCCN2C(=O)C1CCNCC1. The van der Waals surface area contributed by atoms with E-state index in [0.29, 0.717) is 5.91 Å². The number of hydrogen-bond acceptors (Lipinski definition) is 2.